The molecule has 0 aliphatic heterocycles. The van der Waals surface area contributed by atoms with E-state index in [1.54, 1.807) is 12.1 Å². The highest BCUT2D eigenvalue weighted by molar-refractivity contribution is 7.89. The van der Waals surface area contributed by atoms with E-state index in [2.05, 4.69) is 9.62 Å². The van der Waals surface area contributed by atoms with Crippen molar-refractivity contribution in [1.82, 2.24) is 4.89 Å². The quantitative estimate of drug-likeness (QED) is 0.636. The molecule has 7 heteroatoms. The van der Waals surface area contributed by atoms with Gasteiger partial charge in [-0.1, -0.05) is 29.9 Å². The Bertz CT molecular complexity index is 576. The van der Waals surface area contributed by atoms with Crippen LogP contribution in [0.3, 0.4) is 0 Å². The standard InChI is InChI=1S/C14H19NO5S/c1-19-14(16)10-11-6-8-13(9-7-11)21(17,18)15-20-12-4-2-3-5-12/h6-9,12,15H,2-5,10H2,1H3. The third kappa shape index (κ3) is 4.52. The van der Waals surface area contributed by atoms with Gasteiger partial charge in [0, 0.05) is 0 Å². The molecule has 1 saturated carbocycles. The molecule has 0 bridgehead atoms. The van der Waals surface area contributed by atoms with Gasteiger partial charge >= 0.3 is 5.97 Å². The molecule has 0 spiro atoms. The van der Waals surface area contributed by atoms with Crippen LogP contribution in [-0.4, -0.2) is 27.6 Å². The number of nitrogens with one attached hydrogen (secondary N) is 1. The molecule has 6 nitrogen and oxygen atoms in total. The third-order valence-electron chi connectivity index (χ3n) is 3.44. The molecule has 116 valence electrons. The Hall–Kier alpha value is -1.44. The van der Waals surface area contributed by atoms with Crippen LogP contribution < -0.4 is 4.89 Å². The Labute approximate surface area is 124 Å². The van der Waals surface area contributed by atoms with Gasteiger partial charge in [0.15, 0.2) is 0 Å². The Morgan fingerprint density at radius 1 is 1.24 bits per heavy atom. The van der Waals surface area contributed by atoms with E-state index in [0.29, 0.717) is 5.56 Å². The molecule has 0 amide bonds. The molecule has 1 aromatic rings. The van der Waals surface area contributed by atoms with E-state index in [-0.39, 0.29) is 23.4 Å². The van der Waals surface area contributed by atoms with Gasteiger partial charge in [-0.3, -0.25) is 9.63 Å². The first kappa shape index (κ1) is 15.9. The van der Waals surface area contributed by atoms with Crippen molar-refractivity contribution in [3.05, 3.63) is 29.8 Å². The SMILES string of the molecule is COC(=O)Cc1ccc(S(=O)(=O)NOC2CCCC2)cc1. The van der Waals surface area contributed by atoms with E-state index >= 15 is 0 Å². The molecule has 1 aliphatic rings. The summed E-state index contributed by atoms with van der Waals surface area (Å²) in [5.41, 5.74) is 0.692. The van der Waals surface area contributed by atoms with Crippen molar-refractivity contribution in [2.75, 3.05) is 7.11 Å². The van der Waals surface area contributed by atoms with Gasteiger partial charge in [-0.15, -0.1) is 0 Å². The first-order chi connectivity index (χ1) is 10.0. The minimum Gasteiger partial charge on any atom is -0.469 e. The summed E-state index contributed by atoms with van der Waals surface area (Å²) < 4.78 is 28.7. The summed E-state index contributed by atoms with van der Waals surface area (Å²) >= 11 is 0. The smallest absolute Gasteiger partial charge is 0.309 e. The molecule has 0 unspecified atom stereocenters. The van der Waals surface area contributed by atoms with Crippen LogP contribution in [0.4, 0.5) is 0 Å². The maximum atomic E-state index is 12.1. The van der Waals surface area contributed by atoms with Crippen molar-refractivity contribution in [1.29, 1.82) is 0 Å². The zero-order chi connectivity index (χ0) is 15.3. The molecule has 2 rings (SSSR count). The lowest BCUT2D eigenvalue weighted by Gasteiger charge is -2.12. The number of rotatable bonds is 6. The van der Waals surface area contributed by atoms with Crippen LogP contribution in [0.2, 0.25) is 0 Å². The van der Waals surface area contributed by atoms with Crippen LogP contribution in [0, 0.1) is 0 Å². The second kappa shape index (κ2) is 7.02. The predicted octanol–water partition coefficient (Wildman–Crippen LogP) is 1.55. The molecule has 1 aliphatic carbocycles. The Kier molecular flexibility index (Phi) is 5.33. The number of esters is 1. The van der Waals surface area contributed by atoms with E-state index in [4.69, 9.17) is 4.84 Å². The minimum atomic E-state index is -3.69. The maximum absolute atomic E-state index is 12.1. The molecule has 0 heterocycles. The zero-order valence-electron chi connectivity index (χ0n) is 11.9. The van der Waals surface area contributed by atoms with Crippen LogP contribution in [0.5, 0.6) is 0 Å². The Morgan fingerprint density at radius 3 is 2.43 bits per heavy atom. The van der Waals surface area contributed by atoms with Gasteiger partial charge in [-0.25, -0.2) is 8.42 Å². The van der Waals surface area contributed by atoms with E-state index in [1.165, 1.54) is 19.2 Å². The van der Waals surface area contributed by atoms with Gasteiger partial charge < -0.3 is 4.74 Å². The van der Waals surface area contributed by atoms with Crippen molar-refractivity contribution >= 4 is 16.0 Å². The molecular formula is C14H19NO5S. The summed E-state index contributed by atoms with van der Waals surface area (Å²) in [4.78, 5) is 18.6. The fraction of sp³-hybridized carbons (Fsp3) is 0.500. The van der Waals surface area contributed by atoms with Crippen molar-refractivity contribution in [2.45, 2.75) is 43.1 Å². The summed E-state index contributed by atoms with van der Waals surface area (Å²) in [6, 6.07) is 6.05. The number of benzene rings is 1. The second-order valence-electron chi connectivity index (χ2n) is 5.01. The van der Waals surface area contributed by atoms with Gasteiger partial charge in [-0.05, 0) is 30.5 Å². The van der Waals surface area contributed by atoms with Crippen molar-refractivity contribution < 1.29 is 22.8 Å². The number of carbonyl (C=O) groups excluding carboxylic acids is 1. The number of ether oxygens (including phenoxy) is 1. The summed E-state index contributed by atoms with van der Waals surface area (Å²) in [6.07, 6.45) is 3.95. The lowest BCUT2D eigenvalue weighted by atomic mass is 10.2. The largest absolute Gasteiger partial charge is 0.469 e. The molecular weight excluding hydrogens is 294 g/mol. The van der Waals surface area contributed by atoms with Crippen LogP contribution in [0.1, 0.15) is 31.2 Å². The highest BCUT2D eigenvalue weighted by Crippen LogP contribution is 2.21. The monoisotopic (exact) mass is 313 g/mol. The molecule has 0 radical (unpaired) electrons. The summed E-state index contributed by atoms with van der Waals surface area (Å²) in [7, 11) is -2.38. The van der Waals surface area contributed by atoms with Crippen LogP contribution >= 0.6 is 0 Å². The number of hydrogen-bond acceptors (Lipinski definition) is 5. The first-order valence-corrected chi connectivity index (χ1v) is 8.33. The van der Waals surface area contributed by atoms with Crippen molar-refractivity contribution in [2.24, 2.45) is 0 Å². The number of sulfonamides is 1. The molecule has 1 N–H and O–H groups in total. The van der Waals surface area contributed by atoms with Gasteiger partial charge in [0.25, 0.3) is 10.0 Å². The summed E-state index contributed by atoms with van der Waals surface area (Å²) in [6.45, 7) is 0. The summed E-state index contributed by atoms with van der Waals surface area (Å²) in [5, 5.41) is 0. The third-order valence-corrected chi connectivity index (χ3v) is 4.64. The Morgan fingerprint density at radius 2 is 1.86 bits per heavy atom. The fourth-order valence-electron chi connectivity index (χ4n) is 2.21. The lowest BCUT2D eigenvalue weighted by molar-refractivity contribution is -0.139. The summed E-state index contributed by atoms with van der Waals surface area (Å²) in [5.74, 6) is -0.367. The molecule has 21 heavy (non-hydrogen) atoms. The highest BCUT2D eigenvalue weighted by atomic mass is 32.2. The van der Waals surface area contributed by atoms with Crippen molar-refractivity contribution in [3.63, 3.8) is 0 Å². The van der Waals surface area contributed by atoms with E-state index < -0.39 is 10.0 Å². The second-order valence-corrected chi connectivity index (χ2v) is 6.65. The van der Waals surface area contributed by atoms with Crippen molar-refractivity contribution in [3.8, 4) is 0 Å². The van der Waals surface area contributed by atoms with E-state index in [9.17, 15) is 13.2 Å². The minimum absolute atomic E-state index is 0.0432. The van der Waals surface area contributed by atoms with Gasteiger partial charge in [0.1, 0.15) is 0 Å². The molecule has 1 fully saturated rings. The number of hydrogen-bond donors (Lipinski definition) is 1. The molecule has 1 aromatic carbocycles. The predicted molar refractivity (Wildman–Crippen MR) is 75.8 cm³/mol. The average molecular weight is 313 g/mol. The normalized spacial score (nSPS) is 16.0. The Balaban J connectivity index is 1.97. The van der Waals surface area contributed by atoms with Gasteiger partial charge in [0.2, 0.25) is 0 Å². The first-order valence-electron chi connectivity index (χ1n) is 6.84. The van der Waals surface area contributed by atoms with E-state index in [1.807, 2.05) is 0 Å². The van der Waals surface area contributed by atoms with Crippen LogP contribution in [0.25, 0.3) is 0 Å². The average Bonchev–Trinajstić information content (AvgIpc) is 2.99. The van der Waals surface area contributed by atoms with Gasteiger partial charge in [-0.2, -0.15) is 0 Å². The highest BCUT2D eigenvalue weighted by Gasteiger charge is 2.20. The van der Waals surface area contributed by atoms with Crippen LogP contribution in [0.15, 0.2) is 29.2 Å². The van der Waals surface area contributed by atoms with Gasteiger partial charge in [0.05, 0.1) is 24.5 Å². The topological polar surface area (TPSA) is 81.7 Å². The number of methoxy groups -OCH3 is 1. The fourth-order valence-corrected chi connectivity index (χ4v) is 3.06. The maximum Gasteiger partial charge on any atom is 0.309 e. The zero-order valence-corrected chi connectivity index (χ0v) is 12.7. The molecule has 0 atom stereocenters. The van der Waals surface area contributed by atoms with E-state index in [0.717, 1.165) is 25.7 Å². The molecule has 0 saturated heterocycles. The molecule has 0 aromatic heterocycles. The number of carbonyl (C=O) groups is 1. The van der Waals surface area contributed by atoms with Crippen LogP contribution in [-0.2, 0) is 30.8 Å². The lowest BCUT2D eigenvalue weighted by Crippen LogP contribution is -2.28.